The van der Waals surface area contributed by atoms with Crippen molar-refractivity contribution >= 4 is 6.08 Å². The molecular weight excluding hydrogens is 396 g/mol. The normalized spacial score (nSPS) is 19.1. The van der Waals surface area contributed by atoms with Gasteiger partial charge < -0.3 is 9.47 Å². The Balaban J connectivity index is 1.34. The number of benzene rings is 3. The average molecular weight is 427 g/mol. The number of hydrogen-bond acceptors (Lipinski definition) is 4. The third-order valence-electron chi connectivity index (χ3n) is 6.49. The van der Waals surface area contributed by atoms with Crippen molar-refractivity contribution < 1.29 is 9.47 Å². The second-order valence-corrected chi connectivity index (χ2v) is 8.42. The van der Waals surface area contributed by atoms with Crippen LogP contribution in [0.25, 0.3) is 6.08 Å². The zero-order valence-corrected chi connectivity index (χ0v) is 18.6. The molecule has 1 fully saturated rings. The van der Waals surface area contributed by atoms with E-state index in [0.717, 1.165) is 44.2 Å². The number of rotatable bonds is 5. The molecule has 0 bridgehead atoms. The van der Waals surface area contributed by atoms with E-state index in [-0.39, 0.29) is 6.04 Å². The number of methoxy groups -OCH3 is 1. The first-order chi connectivity index (χ1) is 15.8. The lowest BCUT2D eigenvalue weighted by atomic mass is 9.93. The SMILES string of the molecule is COc1cccc2c1OCc1ccccc1C2N1CCN(C/C=C/c2ccccc2)CC1. The molecule has 0 amide bonds. The summed E-state index contributed by atoms with van der Waals surface area (Å²) < 4.78 is 11.9. The van der Waals surface area contributed by atoms with Gasteiger partial charge >= 0.3 is 0 Å². The van der Waals surface area contributed by atoms with E-state index < -0.39 is 0 Å². The van der Waals surface area contributed by atoms with E-state index in [2.05, 4.69) is 88.7 Å². The number of nitrogens with zero attached hydrogens (tertiary/aromatic N) is 2. The number of fused-ring (bicyclic) bond motifs is 2. The molecule has 164 valence electrons. The molecule has 1 saturated heterocycles. The topological polar surface area (TPSA) is 24.9 Å². The summed E-state index contributed by atoms with van der Waals surface area (Å²) in [7, 11) is 1.72. The van der Waals surface area contributed by atoms with Crippen LogP contribution in [0.3, 0.4) is 0 Å². The van der Waals surface area contributed by atoms with E-state index >= 15 is 0 Å². The molecule has 1 unspecified atom stereocenters. The van der Waals surface area contributed by atoms with E-state index in [1.54, 1.807) is 7.11 Å². The average Bonchev–Trinajstić information content (AvgIpc) is 3.02. The van der Waals surface area contributed by atoms with Gasteiger partial charge in [0.05, 0.1) is 13.2 Å². The van der Waals surface area contributed by atoms with Gasteiger partial charge in [-0.3, -0.25) is 9.80 Å². The maximum atomic E-state index is 6.26. The van der Waals surface area contributed by atoms with Crippen LogP contribution in [0.5, 0.6) is 11.5 Å². The lowest BCUT2D eigenvalue weighted by Gasteiger charge is -2.39. The summed E-state index contributed by atoms with van der Waals surface area (Å²) in [6.07, 6.45) is 4.49. The molecule has 5 rings (SSSR count). The van der Waals surface area contributed by atoms with Crippen LogP contribution >= 0.6 is 0 Å². The zero-order valence-electron chi connectivity index (χ0n) is 18.6. The van der Waals surface area contributed by atoms with Crippen LogP contribution in [0.2, 0.25) is 0 Å². The molecule has 2 heterocycles. The fourth-order valence-corrected chi connectivity index (χ4v) is 4.81. The Kier molecular flexibility index (Phi) is 6.24. The Morgan fingerprint density at radius 2 is 1.62 bits per heavy atom. The molecule has 2 aliphatic heterocycles. The van der Waals surface area contributed by atoms with Crippen LogP contribution in [0.4, 0.5) is 0 Å². The Labute approximate surface area is 190 Å². The first kappa shape index (κ1) is 20.8. The summed E-state index contributed by atoms with van der Waals surface area (Å²) in [5.41, 5.74) is 5.05. The standard InChI is InChI=1S/C28H30N2O2/c1-31-26-15-7-14-25-27(24-13-6-5-12-23(24)21-32-28(25)26)30-19-17-29(18-20-30)16-8-11-22-9-3-2-4-10-22/h2-15,27H,16-21H2,1H3/b11-8+. The van der Waals surface area contributed by atoms with Gasteiger partial charge in [0.25, 0.3) is 0 Å². The quantitative estimate of drug-likeness (QED) is 0.573. The minimum atomic E-state index is 0.181. The maximum Gasteiger partial charge on any atom is 0.166 e. The summed E-state index contributed by atoms with van der Waals surface area (Å²) in [4.78, 5) is 5.13. The molecule has 0 spiro atoms. The Bertz CT molecular complexity index is 1070. The number of para-hydroxylation sites is 1. The molecule has 0 aromatic heterocycles. The fourth-order valence-electron chi connectivity index (χ4n) is 4.81. The van der Waals surface area contributed by atoms with Gasteiger partial charge in [-0.2, -0.15) is 0 Å². The van der Waals surface area contributed by atoms with Crippen LogP contribution in [0, 0.1) is 0 Å². The van der Waals surface area contributed by atoms with Crippen molar-refractivity contribution in [3.05, 3.63) is 101 Å². The molecule has 0 aliphatic carbocycles. The molecule has 0 saturated carbocycles. The van der Waals surface area contributed by atoms with Crippen LogP contribution in [-0.2, 0) is 6.61 Å². The van der Waals surface area contributed by atoms with E-state index in [0.29, 0.717) is 6.61 Å². The fraction of sp³-hybridized carbons (Fsp3) is 0.286. The molecule has 0 radical (unpaired) electrons. The predicted molar refractivity (Wildman–Crippen MR) is 129 cm³/mol. The molecule has 32 heavy (non-hydrogen) atoms. The van der Waals surface area contributed by atoms with Crippen LogP contribution in [-0.4, -0.2) is 49.6 Å². The molecule has 4 nitrogen and oxygen atoms in total. The van der Waals surface area contributed by atoms with Gasteiger partial charge in [0.2, 0.25) is 0 Å². The Morgan fingerprint density at radius 1 is 0.875 bits per heavy atom. The second kappa shape index (κ2) is 9.60. The molecule has 0 N–H and O–H groups in total. The van der Waals surface area contributed by atoms with E-state index in [1.165, 1.54) is 22.3 Å². The molecule has 4 heteroatoms. The van der Waals surface area contributed by atoms with Crippen molar-refractivity contribution in [1.29, 1.82) is 0 Å². The Morgan fingerprint density at radius 3 is 2.44 bits per heavy atom. The predicted octanol–water partition coefficient (Wildman–Crippen LogP) is 5.01. The molecular formula is C28H30N2O2. The van der Waals surface area contributed by atoms with Gasteiger partial charge in [0, 0.05) is 38.3 Å². The highest BCUT2D eigenvalue weighted by Gasteiger charge is 2.32. The van der Waals surface area contributed by atoms with E-state index in [1.807, 2.05) is 6.07 Å². The first-order valence-corrected chi connectivity index (χ1v) is 11.4. The van der Waals surface area contributed by atoms with Crippen LogP contribution < -0.4 is 9.47 Å². The van der Waals surface area contributed by atoms with Crippen molar-refractivity contribution in [3.8, 4) is 11.5 Å². The number of hydrogen-bond donors (Lipinski definition) is 0. The minimum Gasteiger partial charge on any atom is -0.493 e. The monoisotopic (exact) mass is 426 g/mol. The van der Waals surface area contributed by atoms with Gasteiger partial charge in [-0.15, -0.1) is 0 Å². The molecule has 3 aromatic rings. The summed E-state index contributed by atoms with van der Waals surface area (Å²) in [5.74, 6) is 1.69. The van der Waals surface area contributed by atoms with Crippen molar-refractivity contribution in [2.75, 3.05) is 39.8 Å². The third-order valence-corrected chi connectivity index (χ3v) is 6.49. The van der Waals surface area contributed by atoms with Gasteiger partial charge in [0.1, 0.15) is 6.61 Å². The van der Waals surface area contributed by atoms with Gasteiger partial charge in [-0.25, -0.2) is 0 Å². The maximum absolute atomic E-state index is 6.26. The Hall–Kier alpha value is -3.08. The number of ether oxygens (including phenoxy) is 2. The highest BCUT2D eigenvalue weighted by Crippen LogP contribution is 2.44. The van der Waals surface area contributed by atoms with E-state index in [4.69, 9.17) is 9.47 Å². The van der Waals surface area contributed by atoms with E-state index in [9.17, 15) is 0 Å². The zero-order chi connectivity index (χ0) is 21.8. The number of piperazine rings is 1. The smallest absolute Gasteiger partial charge is 0.166 e. The summed E-state index contributed by atoms with van der Waals surface area (Å²) in [6.45, 7) is 5.71. The van der Waals surface area contributed by atoms with Crippen LogP contribution in [0.15, 0.2) is 78.9 Å². The van der Waals surface area contributed by atoms with Crippen molar-refractivity contribution in [1.82, 2.24) is 9.80 Å². The van der Waals surface area contributed by atoms with Crippen LogP contribution in [0.1, 0.15) is 28.3 Å². The largest absolute Gasteiger partial charge is 0.493 e. The molecule has 1 atom stereocenters. The highest BCUT2D eigenvalue weighted by molar-refractivity contribution is 5.53. The first-order valence-electron chi connectivity index (χ1n) is 11.4. The molecule has 3 aromatic carbocycles. The lowest BCUT2D eigenvalue weighted by Crippen LogP contribution is -2.47. The highest BCUT2D eigenvalue weighted by atomic mass is 16.5. The van der Waals surface area contributed by atoms with Crippen molar-refractivity contribution in [2.45, 2.75) is 12.6 Å². The van der Waals surface area contributed by atoms with Gasteiger partial charge in [0.15, 0.2) is 11.5 Å². The summed E-state index contributed by atoms with van der Waals surface area (Å²) in [5, 5.41) is 0. The summed E-state index contributed by atoms with van der Waals surface area (Å²) >= 11 is 0. The van der Waals surface area contributed by atoms with Crippen molar-refractivity contribution in [2.24, 2.45) is 0 Å². The third kappa shape index (κ3) is 4.29. The van der Waals surface area contributed by atoms with Gasteiger partial charge in [-0.1, -0.05) is 78.9 Å². The van der Waals surface area contributed by atoms with Crippen molar-refractivity contribution in [3.63, 3.8) is 0 Å². The molecule has 2 aliphatic rings. The second-order valence-electron chi connectivity index (χ2n) is 8.42. The minimum absolute atomic E-state index is 0.181. The summed E-state index contributed by atoms with van der Waals surface area (Å²) in [6, 6.07) is 25.6. The van der Waals surface area contributed by atoms with Gasteiger partial charge in [-0.05, 0) is 22.8 Å². The lowest BCUT2D eigenvalue weighted by molar-refractivity contribution is 0.117.